The largest absolute Gasteiger partial charge is 0.504 e. The first-order valence-corrected chi connectivity index (χ1v) is 8.41. The van der Waals surface area contributed by atoms with Crippen LogP contribution in [0.3, 0.4) is 0 Å². The van der Waals surface area contributed by atoms with Gasteiger partial charge in [0.25, 0.3) is 0 Å². The highest BCUT2D eigenvalue weighted by molar-refractivity contribution is 5.73. The summed E-state index contributed by atoms with van der Waals surface area (Å²) in [6.45, 7) is 0. The van der Waals surface area contributed by atoms with Gasteiger partial charge in [-0.1, -0.05) is 6.07 Å². The van der Waals surface area contributed by atoms with Gasteiger partial charge in [-0.2, -0.15) is 0 Å². The van der Waals surface area contributed by atoms with Gasteiger partial charge in [-0.15, -0.1) is 0 Å². The first-order chi connectivity index (χ1) is 13.1. The minimum atomic E-state index is -1.88. The van der Waals surface area contributed by atoms with Gasteiger partial charge in [0.15, 0.2) is 17.6 Å². The van der Waals surface area contributed by atoms with Crippen molar-refractivity contribution in [1.82, 2.24) is 0 Å². The molecule has 1 aliphatic heterocycles. The molecule has 0 radical (unpaired) electrons. The molecule has 0 aliphatic carbocycles. The molecule has 1 heterocycles. The molecule has 1 aliphatic rings. The first-order valence-electron chi connectivity index (χ1n) is 8.41. The number of phenolic OH excluding ortho intramolecular Hbond substituents is 1. The molecule has 0 aromatic heterocycles. The normalized spacial score (nSPS) is 28.5. The minimum absolute atomic E-state index is 0.0151. The molecule has 156 valence electrons. The van der Waals surface area contributed by atoms with Crippen molar-refractivity contribution in [3.8, 4) is 11.5 Å². The van der Waals surface area contributed by atoms with Gasteiger partial charge in [0.1, 0.15) is 18.3 Å². The molecule has 11 heteroatoms. The summed E-state index contributed by atoms with van der Waals surface area (Å²) in [4.78, 5) is 21.7. The monoisotopic (exact) mass is 402 g/mol. The molecule has 6 atom stereocenters. The summed E-state index contributed by atoms with van der Waals surface area (Å²) in [6.07, 6.45) is -10.2. The molecular formula is C17H22O11. The number of hydrogen-bond acceptors (Lipinski definition) is 9. The van der Waals surface area contributed by atoms with Crippen molar-refractivity contribution >= 4 is 11.9 Å². The lowest BCUT2D eigenvalue weighted by molar-refractivity contribution is -0.271. The van der Waals surface area contributed by atoms with Gasteiger partial charge in [0.05, 0.1) is 6.10 Å². The van der Waals surface area contributed by atoms with Crippen LogP contribution in [0.25, 0.3) is 0 Å². The lowest BCUT2D eigenvalue weighted by Crippen LogP contribution is -2.61. The van der Waals surface area contributed by atoms with Gasteiger partial charge >= 0.3 is 11.9 Å². The molecule has 6 unspecified atom stereocenters. The molecule has 28 heavy (non-hydrogen) atoms. The molecule has 1 fully saturated rings. The van der Waals surface area contributed by atoms with E-state index in [4.69, 9.17) is 19.7 Å². The van der Waals surface area contributed by atoms with Crippen molar-refractivity contribution in [2.24, 2.45) is 0 Å². The maximum absolute atomic E-state index is 11.1. The summed E-state index contributed by atoms with van der Waals surface area (Å²) >= 11 is 0. The van der Waals surface area contributed by atoms with Crippen molar-refractivity contribution < 1.29 is 54.8 Å². The second kappa shape index (κ2) is 9.17. The number of carboxylic acid groups (broad SMARTS) is 2. The van der Waals surface area contributed by atoms with Gasteiger partial charge in [-0.05, 0) is 30.5 Å². The standard InChI is InChI=1S/C17H22O11/c18-8(2-4-11(20)21)5-7-1-3-9(19)10(6-7)27-17-14(24)12(22)13(23)15(28-17)16(25)26/h1,3,6,8,12-15,17-19,22-24H,2,4-5H2,(H,20,21)(H,25,26). The van der Waals surface area contributed by atoms with Crippen LogP contribution in [0, 0.1) is 0 Å². The van der Waals surface area contributed by atoms with Crippen LogP contribution in [0.4, 0.5) is 0 Å². The van der Waals surface area contributed by atoms with E-state index in [1.165, 1.54) is 18.2 Å². The lowest BCUT2D eigenvalue weighted by Gasteiger charge is -2.38. The number of aromatic hydroxyl groups is 1. The fourth-order valence-electron chi connectivity index (χ4n) is 2.72. The highest BCUT2D eigenvalue weighted by Gasteiger charge is 2.48. The van der Waals surface area contributed by atoms with Gasteiger partial charge in [0, 0.05) is 6.42 Å². The fraction of sp³-hybridized carbons (Fsp3) is 0.529. The Hall–Kier alpha value is -2.44. The predicted octanol–water partition coefficient (Wildman–Crippen LogP) is -1.57. The summed E-state index contributed by atoms with van der Waals surface area (Å²) in [6, 6.07) is 3.98. The Bertz CT molecular complexity index is 706. The van der Waals surface area contributed by atoms with Crippen LogP contribution in [0.2, 0.25) is 0 Å². The molecule has 0 bridgehead atoms. The van der Waals surface area contributed by atoms with Crippen molar-refractivity contribution in [2.45, 2.75) is 56.1 Å². The van der Waals surface area contributed by atoms with E-state index in [2.05, 4.69) is 0 Å². The molecular weight excluding hydrogens is 380 g/mol. The van der Waals surface area contributed by atoms with Crippen molar-refractivity contribution in [1.29, 1.82) is 0 Å². The molecule has 11 nitrogen and oxygen atoms in total. The number of aliphatic carboxylic acids is 2. The number of aliphatic hydroxyl groups is 4. The molecule has 0 amide bonds. The lowest BCUT2D eigenvalue weighted by atomic mass is 9.99. The Balaban J connectivity index is 2.12. The molecule has 2 rings (SSSR count). The summed E-state index contributed by atoms with van der Waals surface area (Å²) in [5.74, 6) is -3.23. The second-order valence-electron chi connectivity index (χ2n) is 6.45. The Morgan fingerprint density at radius 1 is 1.11 bits per heavy atom. The quantitative estimate of drug-likeness (QED) is 0.265. The van der Waals surface area contributed by atoms with Crippen LogP contribution in [0.15, 0.2) is 18.2 Å². The van der Waals surface area contributed by atoms with Gasteiger partial charge in [-0.25, -0.2) is 4.79 Å². The number of carbonyl (C=O) groups is 2. The van der Waals surface area contributed by atoms with Gasteiger partial charge in [0.2, 0.25) is 6.29 Å². The number of hydrogen-bond donors (Lipinski definition) is 7. The van der Waals surface area contributed by atoms with Gasteiger partial charge in [-0.3, -0.25) is 4.79 Å². The smallest absolute Gasteiger partial charge is 0.335 e. The molecule has 0 spiro atoms. The Kier molecular flexibility index (Phi) is 7.16. The van der Waals surface area contributed by atoms with E-state index in [1.54, 1.807) is 0 Å². The topological polar surface area (TPSA) is 194 Å². The van der Waals surface area contributed by atoms with Crippen LogP contribution in [0.5, 0.6) is 11.5 Å². The zero-order valence-corrected chi connectivity index (χ0v) is 14.6. The van der Waals surface area contributed by atoms with Crippen LogP contribution >= 0.6 is 0 Å². The van der Waals surface area contributed by atoms with Crippen LogP contribution < -0.4 is 4.74 Å². The minimum Gasteiger partial charge on any atom is -0.504 e. The molecule has 1 aromatic carbocycles. The summed E-state index contributed by atoms with van der Waals surface area (Å²) in [7, 11) is 0. The third-order valence-electron chi connectivity index (χ3n) is 4.24. The third kappa shape index (κ3) is 5.30. The SMILES string of the molecule is O=C(O)CCC(O)Cc1ccc(O)c(OC2OC(C(=O)O)C(O)C(O)C2O)c1. The predicted molar refractivity (Wildman–Crippen MR) is 89.6 cm³/mol. The zero-order chi connectivity index (χ0) is 21.0. The molecule has 1 aromatic rings. The van der Waals surface area contributed by atoms with E-state index in [1.807, 2.05) is 0 Å². The average Bonchev–Trinajstić information content (AvgIpc) is 2.62. The first kappa shape index (κ1) is 21.9. The maximum atomic E-state index is 11.1. The van der Waals surface area contributed by atoms with Crippen molar-refractivity contribution in [3.63, 3.8) is 0 Å². The maximum Gasteiger partial charge on any atom is 0.335 e. The van der Waals surface area contributed by atoms with E-state index >= 15 is 0 Å². The van der Waals surface area contributed by atoms with E-state index in [-0.39, 0.29) is 30.8 Å². The average molecular weight is 402 g/mol. The van der Waals surface area contributed by atoms with Crippen molar-refractivity contribution in [3.05, 3.63) is 23.8 Å². The van der Waals surface area contributed by atoms with E-state index in [0.29, 0.717) is 5.56 Å². The zero-order valence-electron chi connectivity index (χ0n) is 14.6. The Labute approximate surface area is 159 Å². The highest BCUT2D eigenvalue weighted by atomic mass is 16.7. The van der Waals surface area contributed by atoms with E-state index < -0.39 is 48.7 Å². The Morgan fingerprint density at radius 2 is 1.79 bits per heavy atom. The van der Waals surface area contributed by atoms with Crippen molar-refractivity contribution in [2.75, 3.05) is 0 Å². The molecule has 0 saturated carbocycles. The van der Waals surface area contributed by atoms with Crippen LogP contribution in [0.1, 0.15) is 18.4 Å². The van der Waals surface area contributed by atoms with E-state index in [0.717, 1.165) is 0 Å². The number of carboxylic acids is 2. The van der Waals surface area contributed by atoms with Crippen LogP contribution in [-0.4, -0.2) is 84.5 Å². The van der Waals surface area contributed by atoms with E-state index in [9.17, 15) is 35.1 Å². The summed E-state index contributed by atoms with van der Waals surface area (Å²) < 4.78 is 10.3. The number of rotatable bonds is 8. The molecule has 7 N–H and O–H groups in total. The van der Waals surface area contributed by atoms with Gasteiger partial charge < -0.3 is 45.2 Å². The summed E-state index contributed by atoms with van der Waals surface area (Å²) in [5.41, 5.74) is 0.464. The third-order valence-corrected chi connectivity index (χ3v) is 4.24. The number of ether oxygens (including phenoxy) is 2. The number of aliphatic hydroxyl groups excluding tert-OH is 4. The Morgan fingerprint density at radius 3 is 2.39 bits per heavy atom. The second-order valence-corrected chi connectivity index (χ2v) is 6.45. The highest BCUT2D eigenvalue weighted by Crippen LogP contribution is 2.31. The van der Waals surface area contributed by atoms with Crippen LogP contribution in [-0.2, 0) is 20.7 Å². The number of benzene rings is 1. The fourth-order valence-corrected chi connectivity index (χ4v) is 2.72. The number of phenols is 1. The molecule has 1 saturated heterocycles. The summed E-state index contributed by atoms with van der Waals surface area (Å²) in [5, 5.41) is 66.9.